The third kappa shape index (κ3) is 15.7. The molecule has 1 aliphatic heterocycles. The number of hydrogen-bond donors (Lipinski definition) is 1. The second-order valence-corrected chi connectivity index (χ2v) is 3.19. The lowest BCUT2D eigenvalue weighted by Gasteiger charge is -1.79. The SMILES string of the molecule is C.C1CCNC1.CC(C)C.[2HH]. The average molecular weight is 148 g/mol. The number of hydrogen-bond acceptors (Lipinski definition) is 1. The van der Waals surface area contributed by atoms with E-state index in [1.54, 1.807) is 0 Å². The minimum Gasteiger partial charge on any atom is -0.317 e. The highest BCUT2D eigenvalue weighted by atomic mass is 14.9. The standard InChI is InChI=1S/C4H9N.C4H10.CH4.H2/c1-2-4-5-3-1;1-4(2)3;;/h5H,1-4H2;4H,1-3H3;1H4;1H/i;;;1+1. The quantitative estimate of drug-likeness (QED) is 0.557. The van der Waals surface area contributed by atoms with Gasteiger partial charge in [0.1, 0.15) is 0 Å². The minimum atomic E-state index is 0. The zero-order chi connectivity index (χ0) is 7.11. The summed E-state index contributed by atoms with van der Waals surface area (Å²) < 4.78 is 0. The molecule has 0 aliphatic carbocycles. The van der Waals surface area contributed by atoms with Crippen LogP contribution in [0.15, 0.2) is 0 Å². The van der Waals surface area contributed by atoms with Gasteiger partial charge in [0, 0.05) is 1.43 Å². The fourth-order valence-corrected chi connectivity index (χ4v) is 0.625. The summed E-state index contributed by atoms with van der Waals surface area (Å²) in [5.41, 5.74) is 0. The Labute approximate surface area is 67.7 Å². The van der Waals surface area contributed by atoms with Gasteiger partial charge in [0.05, 0.1) is 0 Å². The highest BCUT2D eigenvalue weighted by Crippen LogP contribution is 1.90. The second-order valence-electron chi connectivity index (χ2n) is 3.19. The van der Waals surface area contributed by atoms with E-state index in [4.69, 9.17) is 0 Å². The van der Waals surface area contributed by atoms with Gasteiger partial charge in [-0.25, -0.2) is 0 Å². The van der Waals surface area contributed by atoms with E-state index < -0.39 is 0 Å². The minimum absolute atomic E-state index is 0. The highest BCUT2D eigenvalue weighted by Gasteiger charge is 1.93. The molecular formula is C9H25N. The van der Waals surface area contributed by atoms with E-state index >= 15 is 0 Å². The van der Waals surface area contributed by atoms with Crippen LogP contribution in [0.4, 0.5) is 0 Å². The molecule has 1 N–H and O–H groups in total. The zero-order valence-corrected chi connectivity index (χ0v) is 6.91. The maximum Gasteiger partial charge on any atom is 0 e. The summed E-state index contributed by atoms with van der Waals surface area (Å²) in [6.45, 7) is 9.00. The van der Waals surface area contributed by atoms with Crippen LogP contribution >= 0.6 is 0 Å². The molecule has 0 aromatic heterocycles. The largest absolute Gasteiger partial charge is 0.317 e. The normalized spacial score (nSPS) is 15.6. The van der Waals surface area contributed by atoms with Gasteiger partial charge in [0.2, 0.25) is 0 Å². The number of rotatable bonds is 0. The van der Waals surface area contributed by atoms with Crippen molar-refractivity contribution in [3.05, 3.63) is 0 Å². The van der Waals surface area contributed by atoms with Gasteiger partial charge in [0.15, 0.2) is 0 Å². The summed E-state index contributed by atoms with van der Waals surface area (Å²) >= 11 is 0. The number of nitrogens with one attached hydrogen (secondary N) is 1. The van der Waals surface area contributed by atoms with Gasteiger partial charge in [-0.1, -0.05) is 28.2 Å². The van der Waals surface area contributed by atoms with Crippen LogP contribution in [-0.2, 0) is 0 Å². The van der Waals surface area contributed by atoms with E-state index in [2.05, 4.69) is 26.1 Å². The van der Waals surface area contributed by atoms with Crippen molar-refractivity contribution in [3.8, 4) is 0 Å². The molecule has 0 amide bonds. The molecule has 0 unspecified atom stereocenters. The predicted octanol–water partition coefficient (Wildman–Crippen LogP) is 2.91. The first-order valence-electron chi connectivity index (χ1n) is 3.94. The first-order chi connectivity index (χ1) is 4.23. The third-order valence-electron chi connectivity index (χ3n) is 0.957. The fraction of sp³-hybridized carbons (Fsp3) is 1.00. The Bertz CT molecular complexity index is 41.2. The Morgan fingerprint density at radius 1 is 1.10 bits per heavy atom. The van der Waals surface area contributed by atoms with Crippen LogP contribution < -0.4 is 5.32 Å². The van der Waals surface area contributed by atoms with Crippen LogP contribution in [0.3, 0.4) is 0 Å². The maximum atomic E-state index is 3.22. The van der Waals surface area contributed by atoms with Crippen molar-refractivity contribution in [2.45, 2.75) is 41.0 Å². The molecule has 0 aromatic carbocycles. The summed E-state index contributed by atoms with van der Waals surface area (Å²) in [5.74, 6) is 0.833. The van der Waals surface area contributed by atoms with Crippen molar-refractivity contribution in [1.29, 1.82) is 0 Å². The van der Waals surface area contributed by atoms with E-state index in [0.29, 0.717) is 0 Å². The topological polar surface area (TPSA) is 12.0 Å². The van der Waals surface area contributed by atoms with Gasteiger partial charge in [-0.15, -0.1) is 0 Å². The van der Waals surface area contributed by atoms with Crippen LogP contribution in [0.5, 0.6) is 0 Å². The molecular weight excluding hydrogens is 122 g/mol. The molecule has 1 rings (SSSR count). The van der Waals surface area contributed by atoms with Crippen molar-refractivity contribution in [2.24, 2.45) is 5.92 Å². The summed E-state index contributed by atoms with van der Waals surface area (Å²) in [7, 11) is 0. The van der Waals surface area contributed by atoms with Crippen molar-refractivity contribution < 1.29 is 1.43 Å². The van der Waals surface area contributed by atoms with E-state index in [1.807, 2.05) is 0 Å². The average Bonchev–Trinajstić information content (AvgIpc) is 2.11. The van der Waals surface area contributed by atoms with Gasteiger partial charge in [-0.3, -0.25) is 0 Å². The monoisotopic (exact) mass is 148 g/mol. The van der Waals surface area contributed by atoms with Gasteiger partial charge >= 0.3 is 0 Å². The van der Waals surface area contributed by atoms with Gasteiger partial charge in [0.25, 0.3) is 0 Å². The predicted molar refractivity (Wildman–Crippen MR) is 51.5 cm³/mol. The van der Waals surface area contributed by atoms with E-state index in [1.165, 1.54) is 25.9 Å². The lowest BCUT2D eigenvalue weighted by molar-refractivity contribution is 0.737. The lowest BCUT2D eigenvalue weighted by Crippen LogP contribution is -2.03. The van der Waals surface area contributed by atoms with E-state index in [0.717, 1.165) is 5.92 Å². The molecule has 1 heterocycles. The zero-order valence-electron chi connectivity index (χ0n) is 6.91. The van der Waals surface area contributed by atoms with Crippen molar-refractivity contribution >= 4 is 0 Å². The van der Waals surface area contributed by atoms with Crippen molar-refractivity contribution in [3.63, 3.8) is 0 Å². The third-order valence-corrected chi connectivity index (χ3v) is 0.957. The Hall–Kier alpha value is -0.0400. The molecule has 0 radical (unpaired) electrons. The van der Waals surface area contributed by atoms with Crippen LogP contribution in [0.1, 0.15) is 42.5 Å². The summed E-state index contributed by atoms with van der Waals surface area (Å²) in [4.78, 5) is 0. The van der Waals surface area contributed by atoms with Crippen LogP contribution in [0, 0.1) is 5.92 Å². The molecule has 1 fully saturated rings. The Balaban J connectivity index is -0.000000101. The molecule has 10 heavy (non-hydrogen) atoms. The first-order valence-corrected chi connectivity index (χ1v) is 3.94. The summed E-state index contributed by atoms with van der Waals surface area (Å²) in [5, 5.41) is 3.22. The van der Waals surface area contributed by atoms with Gasteiger partial charge in [-0.2, -0.15) is 0 Å². The first kappa shape index (κ1) is 12.6. The van der Waals surface area contributed by atoms with Crippen LogP contribution in [0.25, 0.3) is 0 Å². The molecule has 0 bridgehead atoms. The molecule has 1 heteroatoms. The molecule has 1 saturated heterocycles. The molecule has 1 nitrogen and oxygen atoms in total. The summed E-state index contributed by atoms with van der Waals surface area (Å²) in [6, 6.07) is 0. The van der Waals surface area contributed by atoms with E-state index in [-0.39, 0.29) is 8.85 Å². The Morgan fingerprint density at radius 2 is 1.40 bits per heavy atom. The summed E-state index contributed by atoms with van der Waals surface area (Å²) in [6.07, 6.45) is 2.78. The highest BCUT2D eigenvalue weighted by molar-refractivity contribution is 4.55. The Morgan fingerprint density at radius 3 is 1.50 bits per heavy atom. The molecule has 1 aliphatic rings. The lowest BCUT2D eigenvalue weighted by atomic mass is 10.3. The van der Waals surface area contributed by atoms with Crippen LogP contribution in [-0.4, -0.2) is 13.1 Å². The van der Waals surface area contributed by atoms with Gasteiger partial charge in [-0.05, 0) is 31.8 Å². The second kappa shape index (κ2) is 8.96. The molecule has 0 atom stereocenters. The van der Waals surface area contributed by atoms with Crippen molar-refractivity contribution in [1.82, 2.24) is 5.32 Å². The molecule has 0 aromatic rings. The fourth-order valence-electron chi connectivity index (χ4n) is 0.625. The van der Waals surface area contributed by atoms with Crippen LogP contribution in [0.2, 0.25) is 0 Å². The smallest absolute Gasteiger partial charge is 0 e. The molecule has 0 spiro atoms. The van der Waals surface area contributed by atoms with E-state index in [9.17, 15) is 0 Å². The molecule has 66 valence electrons. The molecule has 0 saturated carbocycles. The Kier molecular flexibility index (Phi) is 11.3. The maximum absolute atomic E-state index is 3.22. The van der Waals surface area contributed by atoms with Crippen molar-refractivity contribution in [2.75, 3.05) is 13.1 Å². The van der Waals surface area contributed by atoms with Gasteiger partial charge < -0.3 is 5.32 Å².